The van der Waals surface area contributed by atoms with E-state index in [0.717, 1.165) is 6.29 Å². The van der Waals surface area contributed by atoms with Gasteiger partial charge in [0, 0.05) is 5.54 Å². The summed E-state index contributed by atoms with van der Waals surface area (Å²) in [5.41, 5.74) is 0.0990. The predicted molar refractivity (Wildman–Crippen MR) is 27.1 cm³/mol. The summed E-state index contributed by atoms with van der Waals surface area (Å²) in [6.07, 6.45) is 0.944. The van der Waals surface area contributed by atoms with Crippen molar-refractivity contribution in [1.29, 1.82) is 0 Å². The topological polar surface area (TPSA) is 39.0 Å². The van der Waals surface area contributed by atoms with Gasteiger partial charge in [-0.05, 0) is 13.8 Å². The normalized spacial score (nSPS) is 34.9. The number of hydrogen-bond donors (Lipinski definition) is 1. The molecule has 1 atom stereocenters. The van der Waals surface area contributed by atoms with E-state index >= 15 is 0 Å². The van der Waals surface area contributed by atoms with Crippen LogP contribution < -0.4 is 5.32 Å². The minimum Gasteiger partial charge on any atom is -0.302 e. The van der Waals surface area contributed by atoms with Crippen LogP contribution in [0.5, 0.6) is 0 Å². The van der Waals surface area contributed by atoms with Gasteiger partial charge in [-0.1, -0.05) is 0 Å². The zero-order chi connectivity index (χ0) is 5.49. The van der Waals surface area contributed by atoms with Gasteiger partial charge in [-0.3, -0.25) is 5.32 Å². The van der Waals surface area contributed by atoms with E-state index in [0.29, 0.717) is 0 Å². The molecule has 0 aromatic rings. The maximum absolute atomic E-state index is 9.92. The molecule has 0 aromatic heterocycles. The van der Waals surface area contributed by atoms with Crippen LogP contribution >= 0.6 is 0 Å². The largest absolute Gasteiger partial charge is 0.302 e. The van der Waals surface area contributed by atoms with E-state index in [4.69, 9.17) is 0 Å². The molecule has 2 nitrogen and oxygen atoms in total. The van der Waals surface area contributed by atoms with Crippen LogP contribution in [0.4, 0.5) is 0 Å². The number of nitrogens with one attached hydrogen (secondary N) is 1. The van der Waals surface area contributed by atoms with Crippen LogP contribution in [0, 0.1) is 0 Å². The maximum atomic E-state index is 9.92. The molecule has 2 heteroatoms. The van der Waals surface area contributed by atoms with Gasteiger partial charge in [0.2, 0.25) is 0 Å². The highest BCUT2D eigenvalue weighted by atomic mass is 16.1. The molecule has 0 aliphatic carbocycles. The average molecular weight is 99.1 g/mol. The van der Waals surface area contributed by atoms with E-state index in [1.807, 2.05) is 13.8 Å². The molecule has 0 bridgehead atoms. The van der Waals surface area contributed by atoms with Crippen LogP contribution in [-0.2, 0) is 4.79 Å². The van der Waals surface area contributed by atoms with Crippen molar-refractivity contribution in [3.63, 3.8) is 0 Å². The molecule has 1 saturated heterocycles. The molecule has 0 spiro atoms. The van der Waals surface area contributed by atoms with Crippen molar-refractivity contribution < 1.29 is 4.79 Å². The molecule has 0 radical (unpaired) electrons. The lowest BCUT2D eigenvalue weighted by atomic mass is 10.2. The second-order valence-electron chi connectivity index (χ2n) is 2.48. The highest BCUT2D eigenvalue weighted by Gasteiger charge is 2.44. The molecule has 1 aliphatic heterocycles. The van der Waals surface area contributed by atoms with E-state index in [2.05, 4.69) is 5.32 Å². The van der Waals surface area contributed by atoms with Crippen molar-refractivity contribution in [1.82, 2.24) is 5.32 Å². The summed E-state index contributed by atoms with van der Waals surface area (Å²) in [7, 11) is 0. The Labute approximate surface area is 42.9 Å². The van der Waals surface area contributed by atoms with Crippen LogP contribution in [0.15, 0.2) is 0 Å². The van der Waals surface area contributed by atoms with Gasteiger partial charge >= 0.3 is 0 Å². The quantitative estimate of drug-likeness (QED) is 0.369. The van der Waals surface area contributed by atoms with Crippen LogP contribution in [0.1, 0.15) is 13.8 Å². The van der Waals surface area contributed by atoms with Gasteiger partial charge in [0.15, 0.2) is 0 Å². The zero-order valence-corrected chi connectivity index (χ0v) is 4.56. The van der Waals surface area contributed by atoms with Crippen molar-refractivity contribution in [3.8, 4) is 0 Å². The molecule has 1 rings (SSSR count). The Balaban J connectivity index is 2.44. The molecule has 0 aromatic carbocycles. The highest BCUT2D eigenvalue weighted by molar-refractivity contribution is 5.65. The van der Waals surface area contributed by atoms with Gasteiger partial charge in [-0.25, -0.2) is 0 Å². The number of carbonyl (C=O) groups is 1. The fourth-order valence-electron chi connectivity index (χ4n) is 0.563. The number of rotatable bonds is 1. The standard InChI is InChI=1S/C5H9NO/c1-5(2)4(3-7)6-5/h3-4,6H,1-2H3. The Morgan fingerprint density at radius 3 is 2.14 bits per heavy atom. The van der Waals surface area contributed by atoms with E-state index < -0.39 is 0 Å². The van der Waals surface area contributed by atoms with Crippen molar-refractivity contribution >= 4 is 6.29 Å². The van der Waals surface area contributed by atoms with Gasteiger partial charge in [0.1, 0.15) is 6.29 Å². The number of carbonyl (C=O) groups excluding carboxylic acids is 1. The minimum atomic E-state index is 0.0990. The van der Waals surface area contributed by atoms with E-state index in [1.54, 1.807) is 0 Å². The van der Waals surface area contributed by atoms with Gasteiger partial charge in [-0.15, -0.1) is 0 Å². The Morgan fingerprint density at radius 1 is 1.71 bits per heavy atom. The third-order valence-electron chi connectivity index (χ3n) is 1.36. The Morgan fingerprint density at radius 2 is 2.14 bits per heavy atom. The van der Waals surface area contributed by atoms with Crippen LogP contribution in [-0.4, -0.2) is 17.9 Å². The molecule has 1 aliphatic rings. The third kappa shape index (κ3) is 0.657. The molecule has 1 unspecified atom stereocenters. The first-order chi connectivity index (χ1) is 3.17. The van der Waals surface area contributed by atoms with Gasteiger partial charge < -0.3 is 4.79 Å². The zero-order valence-electron chi connectivity index (χ0n) is 4.56. The summed E-state index contributed by atoms with van der Waals surface area (Å²) in [5, 5.41) is 2.99. The summed E-state index contributed by atoms with van der Waals surface area (Å²) in [6.45, 7) is 4.01. The smallest absolute Gasteiger partial charge is 0.138 e. The number of hydrogen-bond acceptors (Lipinski definition) is 2. The predicted octanol–water partition coefficient (Wildman–Crippen LogP) is -0.0643. The fourth-order valence-corrected chi connectivity index (χ4v) is 0.563. The Hall–Kier alpha value is -0.370. The average Bonchev–Trinajstić information content (AvgIpc) is 2.13. The molecular weight excluding hydrogens is 90.1 g/mol. The molecule has 1 fully saturated rings. The molecule has 7 heavy (non-hydrogen) atoms. The monoisotopic (exact) mass is 99.1 g/mol. The summed E-state index contributed by atoms with van der Waals surface area (Å²) in [6, 6.07) is 0.118. The van der Waals surface area contributed by atoms with E-state index in [-0.39, 0.29) is 11.6 Å². The van der Waals surface area contributed by atoms with E-state index in [9.17, 15) is 4.79 Å². The molecule has 1 heterocycles. The molecule has 40 valence electrons. The molecule has 0 amide bonds. The highest BCUT2D eigenvalue weighted by Crippen LogP contribution is 2.21. The lowest BCUT2D eigenvalue weighted by molar-refractivity contribution is -0.107. The molecular formula is C5H9NO. The van der Waals surface area contributed by atoms with Crippen LogP contribution in [0.2, 0.25) is 0 Å². The van der Waals surface area contributed by atoms with Crippen molar-refractivity contribution in [2.24, 2.45) is 0 Å². The fraction of sp³-hybridized carbons (Fsp3) is 0.800. The first kappa shape index (κ1) is 4.78. The first-order valence-electron chi connectivity index (χ1n) is 2.40. The summed E-state index contributed by atoms with van der Waals surface area (Å²) in [4.78, 5) is 9.92. The third-order valence-corrected chi connectivity index (χ3v) is 1.36. The lowest BCUT2D eigenvalue weighted by Gasteiger charge is -1.87. The van der Waals surface area contributed by atoms with Gasteiger partial charge in [0.25, 0.3) is 0 Å². The van der Waals surface area contributed by atoms with Gasteiger partial charge in [-0.2, -0.15) is 0 Å². The maximum Gasteiger partial charge on any atom is 0.138 e. The van der Waals surface area contributed by atoms with Crippen LogP contribution in [0.3, 0.4) is 0 Å². The second-order valence-corrected chi connectivity index (χ2v) is 2.48. The molecule has 0 saturated carbocycles. The van der Waals surface area contributed by atoms with Crippen molar-refractivity contribution in [2.45, 2.75) is 25.4 Å². The van der Waals surface area contributed by atoms with E-state index in [1.165, 1.54) is 0 Å². The van der Waals surface area contributed by atoms with Gasteiger partial charge in [0.05, 0.1) is 6.04 Å². The molecule has 1 N–H and O–H groups in total. The Kier molecular flexibility index (Phi) is 0.729. The first-order valence-corrected chi connectivity index (χ1v) is 2.40. The second kappa shape index (κ2) is 1.07. The van der Waals surface area contributed by atoms with Crippen molar-refractivity contribution in [2.75, 3.05) is 0 Å². The Bertz CT molecular complexity index is 98.3. The SMILES string of the molecule is CC1(C)NC1C=O. The minimum absolute atomic E-state index is 0.0990. The summed E-state index contributed by atoms with van der Waals surface area (Å²) in [5.74, 6) is 0. The number of aldehydes is 1. The van der Waals surface area contributed by atoms with Crippen molar-refractivity contribution in [3.05, 3.63) is 0 Å². The summed E-state index contributed by atoms with van der Waals surface area (Å²) < 4.78 is 0. The lowest BCUT2D eigenvalue weighted by Crippen LogP contribution is -2.03. The summed E-state index contributed by atoms with van der Waals surface area (Å²) >= 11 is 0. The van der Waals surface area contributed by atoms with Crippen LogP contribution in [0.25, 0.3) is 0 Å².